The molecule has 0 saturated heterocycles. The molecule has 0 fully saturated rings. The zero-order valence-corrected chi connectivity index (χ0v) is 6.85. The van der Waals surface area contributed by atoms with E-state index in [1.54, 1.807) is 6.92 Å². The van der Waals surface area contributed by atoms with Crippen LogP contribution in [0.1, 0.15) is 20.3 Å². The molecule has 0 heterocycles. The lowest BCUT2D eigenvalue weighted by Crippen LogP contribution is -2.26. The minimum Gasteiger partial charge on any atom is -0.354 e. The highest BCUT2D eigenvalue weighted by Gasteiger charge is 1.95. The van der Waals surface area contributed by atoms with E-state index in [1.165, 1.54) is 6.92 Å². The Morgan fingerprint density at radius 3 is 2.55 bits per heavy atom. The third-order valence-electron chi connectivity index (χ3n) is 0.998. The van der Waals surface area contributed by atoms with Gasteiger partial charge in [0.2, 0.25) is 5.91 Å². The molecule has 0 aliphatic heterocycles. The lowest BCUT2D eigenvalue weighted by atomic mass is 10.5. The molecule has 0 aromatic carbocycles. The minimum atomic E-state index is -0.0754. The van der Waals surface area contributed by atoms with Crippen molar-refractivity contribution in [1.82, 2.24) is 5.32 Å². The molecule has 4 heteroatoms. The normalized spacial score (nSPS) is 9.27. The molecule has 0 atom stereocenters. The molecular weight excluding hydrogens is 146 g/mol. The number of hydrogen-bond donors (Lipinski definition) is 1. The second-order valence-corrected chi connectivity index (χ2v) is 2.15. The fourth-order valence-electron chi connectivity index (χ4n) is 0.451. The number of ketones is 1. The predicted molar refractivity (Wildman–Crippen MR) is 39.9 cm³/mol. The largest absolute Gasteiger partial charge is 0.354 e. The fourth-order valence-corrected chi connectivity index (χ4v) is 0.451. The third-order valence-corrected chi connectivity index (χ3v) is 0.998. The van der Waals surface area contributed by atoms with E-state index in [1.807, 2.05) is 0 Å². The molecular formula is C7H13NO3. The van der Waals surface area contributed by atoms with E-state index in [9.17, 15) is 9.59 Å². The summed E-state index contributed by atoms with van der Waals surface area (Å²) in [5.74, 6) is -0.121. The monoisotopic (exact) mass is 159 g/mol. The number of carbonyl (C=O) groups excluding carboxylic acids is 2. The lowest BCUT2D eigenvalue weighted by molar-refractivity contribution is -0.126. The van der Waals surface area contributed by atoms with Crippen LogP contribution in [0.5, 0.6) is 0 Å². The van der Waals surface area contributed by atoms with E-state index >= 15 is 0 Å². The Labute approximate surface area is 65.9 Å². The van der Waals surface area contributed by atoms with E-state index < -0.39 is 0 Å². The summed E-state index contributed by atoms with van der Waals surface area (Å²) in [5, 5.41) is 2.47. The van der Waals surface area contributed by atoms with Crippen LogP contribution >= 0.6 is 0 Å². The van der Waals surface area contributed by atoms with Crippen LogP contribution in [0.2, 0.25) is 0 Å². The molecule has 0 saturated carbocycles. The van der Waals surface area contributed by atoms with Crippen LogP contribution in [-0.4, -0.2) is 25.0 Å². The van der Waals surface area contributed by atoms with E-state index in [2.05, 4.69) is 5.32 Å². The van der Waals surface area contributed by atoms with Crippen molar-refractivity contribution in [2.75, 3.05) is 13.3 Å². The third kappa shape index (κ3) is 6.99. The molecule has 0 aromatic rings. The summed E-state index contributed by atoms with van der Waals surface area (Å²) in [5.41, 5.74) is 0. The molecule has 0 rings (SSSR count). The number of carbonyl (C=O) groups is 2. The van der Waals surface area contributed by atoms with Gasteiger partial charge in [0, 0.05) is 6.42 Å². The van der Waals surface area contributed by atoms with E-state index in [-0.39, 0.29) is 25.0 Å². The van der Waals surface area contributed by atoms with Gasteiger partial charge in [-0.2, -0.15) is 0 Å². The van der Waals surface area contributed by atoms with E-state index in [0.29, 0.717) is 6.42 Å². The smallest absolute Gasteiger partial charge is 0.221 e. The van der Waals surface area contributed by atoms with Crippen molar-refractivity contribution in [3.63, 3.8) is 0 Å². The first kappa shape index (κ1) is 10.1. The van der Waals surface area contributed by atoms with Crippen molar-refractivity contribution < 1.29 is 14.3 Å². The average Bonchev–Trinajstić information content (AvgIpc) is 1.97. The van der Waals surface area contributed by atoms with Crippen LogP contribution in [0.15, 0.2) is 0 Å². The first-order chi connectivity index (χ1) is 5.16. The molecule has 1 amide bonds. The molecule has 64 valence electrons. The van der Waals surface area contributed by atoms with Gasteiger partial charge in [-0.3, -0.25) is 9.59 Å². The Hall–Kier alpha value is -0.900. The number of hydrogen-bond acceptors (Lipinski definition) is 3. The summed E-state index contributed by atoms with van der Waals surface area (Å²) >= 11 is 0. The van der Waals surface area contributed by atoms with Gasteiger partial charge < -0.3 is 10.1 Å². The van der Waals surface area contributed by atoms with Gasteiger partial charge in [0.15, 0.2) is 5.78 Å². The molecule has 0 aliphatic carbocycles. The highest BCUT2D eigenvalue weighted by molar-refractivity contribution is 5.77. The zero-order valence-electron chi connectivity index (χ0n) is 6.85. The van der Waals surface area contributed by atoms with Gasteiger partial charge in [-0.05, 0) is 6.92 Å². The molecule has 1 N–H and O–H groups in total. The molecule has 11 heavy (non-hydrogen) atoms. The van der Waals surface area contributed by atoms with Crippen LogP contribution in [0.3, 0.4) is 0 Å². The van der Waals surface area contributed by atoms with Crippen LogP contribution in [0.4, 0.5) is 0 Å². The van der Waals surface area contributed by atoms with Crippen LogP contribution in [0, 0.1) is 0 Å². The number of nitrogens with one attached hydrogen (secondary N) is 1. The maximum absolute atomic E-state index is 10.6. The van der Waals surface area contributed by atoms with Gasteiger partial charge in [-0.15, -0.1) is 0 Å². The van der Waals surface area contributed by atoms with E-state index in [4.69, 9.17) is 4.74 Å². The molecule has 0 aromatic heterocycles. The Kier molecular flexibility index (Phi) is 5.37. The summed E-state index contributed by atoms with van der Waals surface area (Å²) in [6.45, 7) is 3.36. The fraction of sp³-hybridized carbons (Fsp3) is 0.714. The maximum Gasteiger partial charge on any atom is 0.221 e. The van der Waals surface area contributed by atoms with Gasteiger partial charge in [0.25, 0.3) is 0 Å². The summed E-state index contributed by atoms with van der Waals surface area (Å²) in [4.78, 5) is 20.9. The number of ether oxygens (including phenoxy) is 1. The highest BCUT2D eigenvalue weighted by atomic mass is 16.5. The van der Waals surface area contributed by atoms with Gasteiger partial charge in [-0.1, -0.05) is 6.92 Å². The predicted octanol–water partition coefficient (Wildman–Crippen LogP) is 0.0757. The standard InChI is InChI=1S/C7H13NO3/c1-3-7(10)8-5-11-4-6(2)9/h3-5H2,1-2H3,(H,8,10). The van der Waals surface area contributed by atoms with Crippen LogP contribution in [-0.2, 0) is 14.3 Å². The number of Topliss-reactive ketones (excluding diaryl/α,β-unsaturated/α-hetero) is 1. The van der Waals surface area contributed by atoms with Crippen molar-refractivity contribution in [2.24, 2.45) is 0 Å². The summed E-state index contributed by atoms with van der Waals surface area (Å²) in [6, 6.07) is 0. The Morgan fingerprint density at radius 1 is 1.45 bits per heavy atom. The average molecular weight is 159 g/mol. The van der Waals surface area contributed by atoms with E-state index in [0.717, 1.165) is 0 Å². The maximum atomic E-state index is 10.6. The van der Waals surface area contributed by atoms with Gasteiger partial charge in [0.05, 0.1) is 0 Å². The summed E-state index contributed by atoms with van der Waals surface area (Å²) < 4.78 is 4.79. The molecule has 0 bridgehead atoms. The quantitative estimate of drug-likeness (QED) is 0.456. The van der Waals surface area contributed by atoms with Crippen LogP contribution < -0.4 is 5.32 Å². The Balaban J connectivity index is 3.14. The van der Waals surface area contributed by atoms with Gasteiger partial charge >= 0.3 is 0 Å². The van der Waals surface area contributed by atoms with Crippen molar-refractivity contribution in [1.29, 1.82) is 0 Å². The zero-order chi connectivity index (χ0) is 8.69. The molecule has 0 spiro atoms. The summed E-state index contributed by atoms with van der Waals surface area (Å²) in [6.07, 6.45) is 0.434. The van der Waals surface area contributed by atoms with Gasteiger partial charge in [-0.25, -0.2) is 0 Å². The SMILES string of the molecule is CCC(=O)NCOCC(C)=O. The molecule has 0 aliphatic rings. The second kappa shape index (κ2) is 5.85. The molecule has 0 unspecified atom stereocenters. The number of rotatable bonds is 5. The first-order valence-corrected chi connectivity index (χ1v) is 3.50. The topological polar surface area (TPSA) is 55.4 Å². The van der Waals surface area contributed by atoms with Crippen LogP contribution in [0.25, 0.3) is 0 Å². The molecule has 0 radical (unpaired) electrons. The highest BCUT2D eigenvalue weighted by Crippen LogP contribution is 1.76. The molecule has 4 nitrogen and oxygen atoms in total. The second-order valence-electron chi connectivity index (χ2n) is 2.15. The van der Waals surface area contributed by atoms with Crippen molar-refractivity contribution >= 4 is 11.7 Å². The minimum absolute atomic E-state index is 0.0456. The van der Waals surface area contributed by atoms with Gasteiger partial charge in [0.1, 0.15) is 13.3 Å². The lowest BCUT2D eigenvalue weighted by Gasteiger charge is -2.02. The first-order valence-electron chi connectivity index (χ1n) is 3.50. The van der Waals surface area contributed by atoms with Crippen molar-refractivity contribution in [3.8, 4) is 0 Å². The Morgan fingerprint density at radius 2 is 2.09 bits per heavy atom. The Bertz CT molecular complexity index is 145. The van der Waals surface area contributed by atoms with Crippen molar-refractivity contribution in [3.05, 3.63) is 0 Å². The van der Waals surface area contributed by atoms with Crippen molar-refractivity contribution in [2.45, 2.75) is 20.3 Å². The number of amides is 1. The summed E-state index contributed by atoms with van der Waals surface area (Å²) in [7, 11) is 0.